The molecular formula is C24H27FN10O2. The second-order valence-electron chi connectivity index (χ2n) is 8.81. The van der Waals surface area contributed by atoms with Gasteiger partial charge in [-0.2, -0.15) is 15.2 Å². The summed E-state index contributed by atoms with van der Waals surface area (Å²) in [5.41, 5.74) is 2.50. The van der Waals surface area contributed by atoms with Crippen LogP contribution in [0.15, 0.2) is 42.9 Å². The van der Waals surface area contributed by atoms with Crippen molar-refractivity contribution in [2.45, 2.75) is 26.9 Å². The first-order chi connectivity index (χ1) is 17.8. The minimum Gasteiger partial charge on any atom is -0.441 e. The van der Waals surface area contributed by atoms with Gasteiger partial charge < -0.3 is 19.9 Å². The lowest BCUT2D eigenvalue weighted by Gasteiger charge is -2.34. The Hall–Kier alpha value is -4.55. The number of piperazine rings is 1. The van der Waals surface area contributed by atoms with Gasteiger partial charge in [0.2, 0.25) is 5.95 Å². The lowest BCUT2D eigenvalue weighted by atomic mass is 10.2. The van der Waals surface area contributed by atoms with Gasteiger partial charge in [-0.15, -0.1) is 0 Å². The van der Waals surface area contributed by atoms with Gasteiger partial charge in [-0.25, -0.2) is 23.8 Å². The number of amides is 1. The van der Waals surface area contributed by atoms with E-state index in [0.29, 0.717) is 49.6 Å². The summed E-state index contributed by atoms with van der Waals surface area (Å²) in [5.74, 6) is 1.96. The maximum atomic E-state index is 13.2. The normalized spacial score (nSPS) is 14.5. The number of carbonyl (C=O) groups excluding carboxylic acids is 1. The standard InChI is InChI=1S/C24H27FN10O2/c1-15-10-20(29-21-11-16(2)31-32-21)30-23(28-15)33-6-8-34(9-7-33)24(36)37-17(3)18-4-5-22(26-12-18)35-14-19(25)13-27-35/h4-5,10-14,17H,6-9H2,1-3H3,(H2,28,29,30,31,32)/t17-/m0/s1. The van der Waals surface area contributed by atoms with E-state index >= 15 is 0 Å². The molecule has 1 aliphatic rings. The molecule has 0 aromatic carbocycles. The molecule has 0 saturated carbocycles. The van der Waals surface area contributed by atoms with Gasteiger partial charge in [0.1, 0.15) is 11.9 Å². The molecule has 1 fully saturated rings. The van der Waals surface area contributed by atoms with Crippen LogP contribution in [0.1, 0.15) is 30.0 Å². The number of aromatic amines is 1. The fraction of sp³-hybridized carbons (Fsp3) is 0.333. The van der Waals surface area contributed by atoms with E-state index in [-0.39, 0.29) is 0 Å². The van der Waals surface area contributed by atoms with E-state index in [4.69, 9.17) is 4.74 Å². The summed E-state index contributed by atoms with van der Waals surface area (Å²) >= 11 is 0. The lowest BCUT2D eigenvalue weighted by Crippen LogP contribution is -2.49. The number of hydrogen-bond donors (Lipinski definition) is 2. The fourth-order valence-electron chi connectivity index (χ4n) is 3.95. The predicted molar refractivity (Wildman–Crippen MR) is 133 cm³/mol. The number of nitrogens with one attached hydrogen (secondary N) is 2. The van der Waals surface area contributed by atoms with Crippen molar-refractivity contribution in [1.82, 2.24) is 39.8 Å². The van der Waals surface area contributed by atoms with Crippen LogP contribution in [0.4, 0.5) is 26.8 Å². The van der Waals surface area contributed by atoms with Crippen LogP contribution in [0, 0.1) is 19.7 Å². The van der Waals surface area contributed by atoms with Gasteiger partial charge in [-0.1, -0.05) is 6.07 Å². The number of rotatable bonds is 6. The summed E-state index contributed by atoms with van der Waals surface area (Å²) in [6, 6.07) is 7.23. The number of hydrogen-bond acceptors (Lipinski definition) is 9. The van der Waals surface area contributed by atoms with Gasteiger partial charge in [0.05, 0.1) is 12.4 Å². The fourth-order valence-corrected chi connectivity index (χ4v) is 3.95. The molecule has 0 aliphatic carbocycles. The molecule has 1 atom stereocenters. The summed E-state index contributed by atoms with van der Waals surface area (Å²) < 4.78 is 20.2. The molecule has 2 N–H and O–H groups in total. The highest BCUT2D eigenvalue weighted by molar-refractivity contribution is 5.68. The Kier molecular flexibility index (Phi) is 6.66. The van der Waals surface area contributed by atoms with Crippen molar-refractivity contribution in [1.29, 1.82) is 0 Å². The molecule has 5 rings (SSSR count). The predicted octanol–water partition coefficient (Wildman–Crippen LogP) is 3.30. The highest BCUT2D eigenvalue weighted by Crippen LogP contribution is 2.21. The van der Waals surface area contributed by atoms with Crippen LogP contribution in [0.2, 0.25) is 0 Å². The third-order valence-corrected chi connectivity index (χ3v) is 5.93. The third-order valence-electron chi connectivity index (χ3n) is 5.93. The molecule has 37 heavy (non-hydrogen) atoms. The van der Waals surface area contributed by atoms with Crippen LogP contribution in [0.25, 0.3) is 5.82 Å². The number of anilines is 3. The number of ether oxygens (including phenoxy) is 1. The zero-order chi connectivity index (χ0) is 25.9. The van der Waals surface area contributed by atoms with Crippen LogP contribution >= 0.6 is 0 Å². The SMILES string of the molecule is Cc1cc(Nc2cc(C)[nH]n2)nc(N2CCN(C(=O)O[C@@H](C)c3ccc(-n4cc(F)cn4)nc3)CC2)n1. The summed E-state index contributed by atoms with van der Waals surface area (Å²) in [5, 5.41) is 14.2. The van der Waals surface area contributed by atoms with E-state index < -0.39 is 18.0 Å². The van der Waals surface area contributed by atoms with Crippen LogP contribution < -0.4 is 10.2 Å². The summed E-state index contributed by atoms with van der Waals surface area (Å²) in [6.07, 6.45) is 3.05. The molecule has 1 amide bonds. The van der Waals surface area contributed by atoms with E-state index in [0.717, 1.165) is 23.1 Å². The first-order valence-corrected chi connectivity index (χ1v) is 11.9. The Labute approximate surface area is 212 Å². The van der Waals surface area contributed by atoms with Crippen LogP contribution in [0.3, 0.4) is 0 Å². The average Bonchev–Trinajstić information content (AvgIpc) is 3.51. The van der Waals surface area contributed by atoms with E-state index in [1.165, 1.54) is 10.9 Å². The number of halogens is 1. The Morgan fingerprint density at radius 3 is 2.57 bits per heavy atom. The second kappa shape index (κ2) is 10.2. The van der Waals surface area contributed by atoms with E-state index in [9.17, 15) is 9.18 Å². The maximum absolute atomic E-state index is 13.2. The van der Waals surface area contributed by atoms with Crippen molar-refractivity contribution >= 4 is 23.7 Å². The van der Waals surface area contributed by atoms with Gasteiger partial charge in [0.25, 0.3) is 0 Å². The molecule has 0 unspecified atom stereocenters. The number of carbonyl (C=O) groups is 1. The number of nitrogens with zero attached hydrogens (tertiary/aromatic N) is 8. The lowest BCUT2D eigenvalue weighted by molar-refractivity contribution is 0.0678. The van der Waals surface area contributed by atoms with Crippen molar-refractivity contribution in [2.24, 2.45) is 0 Å². The number of aromatic nitrogens is 7. The van der Waals surface area contributed by atoms with Crippen molar-refractivity contribution in [3.63, 3.8) is 0 Å². The molecule has 12 nitrogen and oxygen atoms in total. The molecule has 1 saturated heterocycles. The highest BCUT2D eigenvalue weighted by Gasteiger charge is 2.25. The minimum absolute atomic E-state index is 0.396. The van der Waals surface area contributed by atoms with E-state index in [1.807, 2.05) is 30.9 Å². The molecule has 4 aromatic heterocycles. The van der Waals surface area contributed by atoms with Crippen molar-refractivity contribution in [2.75, 3.05) is 36.4 Å². The van der Waals surface area contributed by atoms with Crippen molar-refractivity contribution in [3.8, 4) is 5.82 Å². The second-order valence-corrected chi connectivity index (χ2v) is 8.81. The summed E-state index contributed by atoms with van der Waals surface area (Å²) in [6.45, 7) is 7.73. The minimum atomic E-state index is -0.499. The van der Waals surface area contributed by atoms with E-state index in [1.54, 1.807) is 30.2 Å². The molecular weight excluding hydrogens is 479 g/mol. The summed E-state index contributed by atoms with van der Waals surface area (Å²) in [7, 11) is 0. The molecule has 5 heterocycles. The largest absolute Gasteiger partial charge is 0.441 e. The van der Waals surface area contributed by atoms with Crippen LogP contribution in [0.5, 0.6) is 0 Å². The Morgan fingerprint density at radius 1 is 1.11 bits per heavy atom. The molecule has 1 aliphatic heterocycles. The zero-order valence-electron chi connectivity index (χ0n) is 20.7. The molecule has 0 bridgehead atoms. The number of aryl methyl sites for hydroxylation is 2. The molecule has 0 spiro atoms. The first kappa shape index (κ1) is 24.2. The summed E-state index contributed by atoms with van der Waals surface area (Å²) in [4.78, 5) is 30.0. The van der Waals surface area contributed by atoms with Gasteiger partial charge in [0, 0.05) is 61.5 Å². The Morgan fingerprint density at radius 2 is 1.92 bits per heavy atom. The third kappa shape index (κ3) is 5.66. The molecule has 4 aromatic rings. The van der Waals surface area contributed by atoms with Gasteiger partial charge in [-0.05, 0) is 26.8 Å². The van der Waals surface area contributed by atoms with Crippen molar-refractivity contribution < 1.29 is 13.9 Å². The average molecular weight is 507 g/mol. The first-order valence-electron chi connectivity index (χ1n) is 11.9. The maximum Gasteiger partial charge on any atom is 0.410 e. The number of pyridine rings is 1. The Balaban J connectivity index is 1.16. The van der Waals surface area contributed by atoms with Crippen LogP contribution in [-0.4, -0.2) is 72.1 Å². The van der Waals surface area contributed by atoms with Gasteiger partial charge in [-0.3, -0.25) is 5.10 Å². The number of H-pyrrole nitrogens is 1. The van der Waals surface area contributed by atoms with Gasteiger partial charge in [0.15, 0.2) is 17.5 Å². The monoisotopic (exact) mass is 506 g/mol. The molecule has 192 valence electrons. The smallest absolute Gasteiger partial charge is 0.410 e. The highest BCUT2D eigenvalue weighted by atomic mass is 19.1. The molecule has 13 heteroatoms. The van der Waals surface area contributed by atoms with Gasteiger partial charge >= 0.3 is 6.09 Å². The topological polar surface area (TPSA) is 130 Å². The van der Waals surface area contributed by atoms with E-state index in [2.05, 4.69) is 35.6 Å². The zero-order valence-corrected chi connectivity index (χ0v) is 20.7. The quantitative estimate of drug-likeness (QED) is 0.404. The molecule has 0 radical (unpaired) electrons. The Bertz CT molecular complexity index is 1380. The van der Waals surface area contributed by atoms with Crippen LogP contribution in [-0.2, 0) is 4.74 Å². The van der Waals surface area contributed by atoms with Crippen molar-refractivity contribution in [3.05, 3.63) is 65.6 Å².